The maximum Gasteiger partial charge on any atom is 0.240 e. The number of carbonyl (C=O) groups excluding carboxylic acids is 1. The van der Waals surface area contributed by atoms with Crippen molar-refractivity contribution >= 4 is 29.0 Å². The number of ether oxygens (including phenoxy) is 1. The van der Waals surface area contributed by atoms with Crippen LogP contribution in [0.3, 0.4) is 0 Å². The van der Waals surface area contributed by atoms with Crippen molar-refractivity contribution < 1.29 is 9.53 Å². The number of hydrogen-bond acceptors (Lipinski definition) is 5. The average Bonchev–Trinajstić information content (AvgIpc) is 3.11. The summed E-state index contributed by atoms with van der Waals surface area (Å²) in [5.74, 6) is 2.00. The molecule has 6 heteroatoms. The molecule has 98 valence electrons. The standard InChI is InChI=1S/C12H16N2O2S2/c15-12(9-7-17-8-13-9)14-3-4-16-10(6-14)11-2-1-5-18-11/h1-2,5,9-10,13H,3-4,6-8H2. The molecule has 1 aromatic rings. The van der Waals surface area contributed by atoms with Gasteiger partial charge < -0.3 is 9.64 Å². The number of amides is 1. The van der Waals surface area contributed by atoms with E-state index in [9.17, 15) is 4.79 Å². The van der Waals surface area contributed by atoms with Gasteiger partial charge in [-0.25, -0.2) is 0 Å². The zero-order valence-electron chi connectivity index (χ0n) is 10.0. The summed E-state index contributed by atoms with van der Waals surface area (Å²) in [6, 6.07) is 4.10. The largest absolute Gasteiger partial charge is 0.369 e. The van der Waals surface area contributed by atoms with Crippen LogP contribution < -0.4 is 5.32 Å². The number of thiophene rings is 1. The maximum absolute atomic E-state index is 12.3. The molecule has 2 fully saturated rings. The van der Waals surface area contributed by atoms with E-state index in [0.29, 0.717) is 19.7 Å². The fourth-order valence-electron chi connectivity index (χ4n) is 2.27. The zero-order chi connectivity index (χ0) is 12.4. The highest BCUT2D eigenvalue weighted by Crippen LogP contribution is 2.26. The predicted molar refractivity (Wildman–Crippen MR) is 73.8 cm³/mol. The molecule has 0 saturated carbocycles. The second kappa shape index (κ2) is 5.61. The van der Waals surface area contributed by atoms with Crippen molar-refractivity contribution in [1.29, 1.82) is 0 Å². The summed E-state index contributed by atoms with van der Waals surface area (Å²) in [7, 11) is 0. The van der Waals surface area contributed by atoms with Crippen LogP contribution in [0.1, 0.15) is 11.0 Å². The summed E-state index contributed by atoms with van der Waals surface area (Å²) in [5, 5.41) is 5.29. The number of nitrogens with one attached hydrogen (secondary N) is 1. The number of hydrogen-bond donors (Lipinski definition) is 1. The Morgan fingerprint density at radius 1 is 1.56 bits per heavy atom. The normalized spacial score (nSPS) is 28.6. The van der Waals surface area contributed by atoms with Crippen LogP contribution in [-0.2, 0) is 9.53 Å². The molecular weight excluding hydrogens is 268 g/mol. The Morgan fingerprint density at radius 3 is 3.22 bits per heavy atom. The number of nitrogens with zero attached hydrogens (tertiary/aromatic N) is 1. The number of rotatable bonds is 2. The fraction of sp³-hybridized carbons (Fsp3) is 0.583. The molecule has 3 heterocycles. The first-order chi connectivity index (χ1) is 8.84. The smallest absolute Gasteiger partial charge is 0.240 e. The molecule has 2 unspecified atom stereocenters. The lowest BCUT2D eigenvalue weighted by Crippen LogP contribution is -2.49. The predicted octanol–water partition coefficient (Wildman–Crippen LogP) is 1.31. The minimum atomic E-state index is -0.00270. The maximum atomic E-state index is 12.3. The van der Waals surface area contributed by atoms with Crippen LogP contribution in [0.4, 0.5) is 0 Å². The van der Waals surface area contributed by atoms with Gasteiger partial charge in [-0.05, 0) is 11.4 Å². The second-order valence-electron chi connectivity index (χ2n) is 4.43. The van der Waals surface area contributed by atoms with E-state index in [0.717, 1.165) is 11.6 Å². The Labute approximate surface area is 115 Å². The van der Waals surface area contributed by atoms with E-state index in [1.165, 1.54) is 4.88 Å². The first-order valence-corrected chi connectivity index (χ1v) is 8.13. The van der Waals surface area contributed by atoms with Crippen LogP contribution in [-0.4, -0.2) is 48.2 Å². The summed E-state index contributed by atoms with van der Waals surface area (Å²) in [6.07, 6.45) is 0.0526. The Morgan fingerprint density at radius 2 is 2.50 bits per heavy atom. The lowest BCUT2D eigenvalue weighted by Gasteiger charge is -2.34. The summed E-state index contributed by atoms with van der Waals surface area (Å²) in [5.41, 5.74) is 0. The van der Waals surface area contributed by atoms with E-state index in [4.69, 9.17) is 4.74 Å². The molecule has 0 aromatic carbocycles. The van der Waals surface area contributed by atoms with Crippen molar-refractivity contribution in [1.82, 2.24) is 10.2 Å². The van der Waals surface area contributed by atoms with Crippen LogP contribution in [0.25, 0.3) is 0 Å². The van der Waals surface area contributed by atoms with Crippen molar-refractivity contribution in [3.8, 4) is 0 Å². The summed E-state index contributed by atoms with van der Waals surface area (Å²) in [4.78, 5) is 15.5. The highest BCUT2D eigenvalue weighted by molar-refractivity contribution is 7.99. The third-order valence-electron chi connectivity index (χ3n) is 3.25. The monoisotopic (exact) mass is 284 g/mol. The van der Waals surface area contributed by atoms with Crippen molar-refractivity contribution in [2.75, 3.05) is 31.3 Å². The van der Waals surface area contributed by atoms with E-state index in [2.05, 4.69) is 16.8 Å². The van der Waals surface area contributed by atoms with E-state index in [-0.39, 0.29) is 18.1 Å². The van der Waals surface area contributed by atoms with Gasteiger partial charge in [-0.15, -0.1) is 23.1 Å². The molecule has 2 saturated heterocycles. The zero-order valence-corrected chi connectivity index (χ0v) is 11.6. The summed E-state index contributed by atoms with van der Waals surface area (Å²) in [6.45, 7) is 2.03. The highest BCUT2D eigenvalue weighted by atomic mass is 32.2. The third kappa shape index (κ3) is 2.56. The van der Waals surface area contributed by atoms with Crippen LogP contribution in [0.2, 0.25) is 0 Å². The summed E-state index contributed by atoms with van der Waals surface area (Å²) >= 11 is 3.48. The van der Waals surface area contributed by atoms with Crippen LogP contribution >= 0.6 is 23.1 Å². The Bertz CT molecular complexity index is 404. The number of carbonyl (C=O) groups is 1. The lowest BCUT2D eigenvalue weighted by atomic mass is 10.2. The molecule has 18 heavy (non-hydrogen) atoms. The van der Waals surface area contributed by atoms with Gasteiger partial charge in [-0.3, -0.25) is 10.1 Å². The van der Waals surface area contributed by atoms with E-state index in [1.54, 1.807) is 23.1 Å². The lowest BCUT2D eigenvalue weighted by molar-refractivity contribution is -0.140. The molecule has 0 bridgehead atoms. The van der Waals surface area contributed by atoms with Crippen LogP contribution in [0.5, 0.6) is 0 Å². The minimum absolute atomic E-state index is 0.00270. The van der Waals surface area contributed by atoms with Gasteiger partial charge in [-0.2, -0.15) is 0 Å². The van der Waals surface area contributed by atoms with Crippen molar-refractivity contribution in [3.05, 3.63) is 22.4 Å². The minimum Gasteiger partial charge on any atom is -0.369 e. The molecule has 2 aliphatic heterocycles. The van der Waals surface area contributed by atoms with E-state index < -0.39 is 0 Å². The molecule has 2 atom stereocenters. The molecule has 0 spiro atoms. The Hall–Kier alpha value is -0.560. The average molecular weight is 284 g/mol. The van der Waals surface area contributed by atoms with Crippen LogP contribution in [0.15, 0.2) is 17.5 Å². The molecule has 3 rings (SSSR count). The SMILES string of the molecule is O=C(C1CSCN1)N1CCOC(c2cccs2)C1. The Kier molecular flexibility index (Phi) is 3.88. The topological polar surface area (TPSA) is 41.6 Å². The molecule has 4 nitrogen and oxygen atoms in total. The van der Waals surface area contributed by atoms with Gasteiger partial charge in [0, 0.05) is 23.1 Å². The van der Waals surface area contributed by atoms with Crippen molar-refractivity contribution in [2.45, 2.75) is 12.1 Å². The van der Waals surface area contributed by atoms with Gasteiger partial charge in [0.15, 0.2) is 0 Å². The molecule has 1 aromatic heterocycles. The fourth-order valence-corrected chi connectivity index (χ4v) is 3.97. The van der Waals surface area contributed by atoms with Gasteiger partial charge in [0.25, 0.3) is 0 Å². The summed E-state index contributed by atoms with van der Waals surface area (Å²) < 4.78 is 5.76. The van der Waals surface area contributed by atoms with Crippen molar-refractivity contribution in [3.63, 3.8) is 0 Å². The van der Waals surface area contributed by atoms with Gasteiger partial charge in [0.2, 0.25) is 5.91 Å². The van der Waals surface area contributed by atoms with Gasteiger partial charge in [-0.1, -0.05) is 6.07 Å². The molecule has 0 aliphatic carbocycles. The quantitative estimate of drug-likeness (QED) is 0.889. The van der Waals surface area contributed by atoms with Crippen molar-refractivity contribution in [2.24, 2.45) is 0 Å². The number of thioether (sulfide) groups is 1. The highest BCUT2D eigenvalue weighted by Gasteiger charge is 2.31. The Balaban J connectivity index is 1.64. The van der Waals surface area contributed by atoms with Gasteiger partial charge in [0.05, 0.1) is 19.2 Å². The van der Waals surface area contributed by atoms with E-state index >= 15 is 0 Å². The first kappa shape index (κ1) is 12.5. The van der Waals surface area contributed by atoms with E-state index in [1.807, 2.05) is 11.0 Å². The molecule has 1 amide bonds. The molecule has 0 radical (unpaired) electrons. The second-order valence-corrected chi connectivity index (χ2v) is 6.44. The third-order valence-corrected chi connectivity index (χ3v) is 5.16. The molecule has 1 N–H and O–H groups in total. The molecule has 2 aliphatic rings. The van der Waals surface area contributed by atoms with Gasteiger partial charge in [0.1, 0.15) is 6.10 Å². The number of morpholine rings is 1. The van der Waals surface area contributed by atoms with Crippen LogP contribution in [0, 0.1) is 0 Å². The first-order valence-electron chi connectivity index (χ1n) is 6.09. The molecular formula is C12H16N2O2S2. The van der Waals surface area contributed by atoms with Gasteiger partial charge >= 0.3 is 0 Å².